The monoisotopic (exact) mass is 321 g/mol. The molecule has 0 bridgehead atoms. The number of thiophene rings is 1. The van der Waals surface area contributed by atoms with Crippen molar-refractivity contribution in [2.24, 2.45) is 5.92 Å². The van der Waals surface area contributed by atoms with Crippen molar-refractivity contribution in [1.82, 2.24) is 15.4 Å². The number of amides is 2. The molecule has 2 aromatic heterocycles. The molecule has 22 heavy (non-hydrogen) atoms. The van der Waals surface area contributed by atoms with E-state index in [4.69, 9.17) is 4.52 Å². The molecule has 6 heteroatoms. The molecule has 0 aliphatic rings. The fourth-order valence-corrected chi connectivity index (χ4v) is 3.26. The summed E-state index contributed by atoms with van der Waals surface area (Å²) < 4.78 is 5.15. The lowest BCUT2D eigenvalue weighted by Gasteiger charge is -2.25. The summed E-state index contributed by atoms with van der Waals surface area (Å²) >= 11 is 1.67. The molecule has 120 valence electrons. The molecule has 0 saturated carbocycles. The lowest BCUT2D eigenvalue weighted by atomic mass is 10.0. The van der Waals surface area contributed by atoms with Gasteiger partial charge in [0.15, 0.2) is 0 Å². The molecule has 0 aliphatic heterocycles. The molecular formula is C16H23N3O2S. The Balaban J connectivity index is 2.04. The summed E-state index contributed by atoms with van der Waals surface area (Å²) in [6, 6.07) is 4.01. The zero-order valence-corrected chi connectivity index (χ0v) is 14.5. The van der Waals surface area contributed by atoms with Crippen LogP contribution in [-0.2, 0) is 6.54 Å². The third-order valence-electron chi connectivity index (χ3n) is 3.72. The van der Waals surface area contributed by atoms with Crippen LogP contribution in [0, 0.1) is 19.8 Å². The second-order valence-corrected chi connectivity index (χ2v) is 6.82. The van der Waals surface area contributed by atoms with Gasteiger partial charge >= 0.3 is 6.03 Å². The van der Waals surface area contributed by atoms with E-state index in [1.807, 2.05) is 25.3 Å². The SMILES string of the molecule is Cc1noc(C)c1CN(C)C(=O)N[C@H](c1cccs1)C(C)C. The second-order valence-electron chi connectivity index (χ2n) is 5.85. The van der Waals surface area contributed by atoms with E-state index >= 15 is 0 Å². The molecule has 2 heterocycles. The number of carbonyl (C=O) groups is 1. The van der Waals surface area contributed by atoms with Crippen LogP contribution in [0.2, 0.25) is 0 Å². The van der Waals surface area contributed by atoms with Crippen LogP contribution in [0.1, 0.15) is 41.8 Å². The van der Waals surface area contributed by atoms with E-state index in [2.05, 4.69) is 30.4 Å². The topological polar surface area (TPSA) is 58.4 Å². The van der Waals surface area contributed by atoms with Crippen LogP contribution in [0.4, 0.5) is 4.79 Å². The largest absolute Gasteiger partial charge is 0.361 e. The van der Waals surface area contributed by atoms with Gasteiger partial charge < -0.3 is 14.7 Å². The molecule has 0 spiro atoms. The Kier molecular flexibility index (Phi) is 5.24. The molecule has 0 saturated heterocycles. The van der Waals surface area contributed by atoms with Crippen LogP contribution in [0.3, 0.4) is 0 Å². The first-order valence-corrected chi connectivity index (χ1v) is 8.25. The number of aromatic nitrogens is 1. The van der Waals surface area contributed by atoms with Crippen LogP contribution in [0.25, 0.3) is 0 Å². The number of rotatable bonds is 5. The maximum absolute atomic E-state index is 12.5. The van der Waals surface area contributed by atoms with Crippen LogP contribution in [0.5, 0.6) is 0 Å². The minimum absolute atomic E-state index is 0.0274. The predicted octanol–water partition coefficient (Wildman–Crippen LogP) is 3.89. The smallest absolute Gasteiger partial charge is 0.317 e. The highest BCUT2D eigenvalue weighted by molar-refractivity contribution is 7.10. The zero-order valence-electron chi connectivity index (χ0n) is 13.7. The van der Waals surface area contributed by atoms with Crippen molar-refractivity contribution in [3.63, 3.8) is 0 Å². The van der Waals surface area contributed by atoms with Crippen molar-refractivity contribution >= 4 is 17.4 Å². The first-order chi connectivity index (χ1) is 10.4. The summed E-state index contributed by atoms with van der Waals surface area (Å²) in [4.78, 5) is 15.3. The molecule has 5 nitrogen and oxygen atoms in total. The molecule has 2 rings (SSSR count). The van der Waals surface area contributed by atoms with Crippen molar-refractivity contribution in [3.8, 4) is 0 Å². The molecule has 0 radical (unpaired) electrons. The summed E-state index contributed by atoms with van der Waals surface area (Å²) in [5, 5.41) is 9.08. The Morgan fingerprint density at radius 2 is 2.18 bits per heavy atom. The van der Waals surface area contributed by atoms with Crippen molar-refractivity contribution < 1.29 is 9.32 Å². The van der Waals surface area contributed by atoms with Gasteiger partial charge in [-0.3, -0.25) is 0 Å². The summed E-state index contributed by atoms with van der Waals surface area (Å²) in [5.74, 6) is 1.09. The number of carbonyl (C=O) groups excluding carboxylic acids is 1. The Bertz CT molecular complexity index is 600. The maximum Gasteiger partial charge on any atom is 0.317 e. The molecule has 2 aromatic rings. The molecule has 2 amide bonds. The van der Waals surface area contributed by atoms with Gasteiger partial charge in [0, 0.05) is 17.5 Å². The van der Waals surface area contributed by atoms with Crippen molar-refractivity contribution in [2.45, 2.75) is 40.3 Å². The van der Waals surface area contributed by atoms with Gasteiger partial charge in [0.1, 0.15) is 5.76 Å². The number of hydrogen-bond acceptors (Lipinski definition) is 4. The van der Waals surface area contributed by atoms with Gasteiger partial charge in [-0.1, -0.05) is 25.1 Å². The molecule has 1 N–H and O–H groups in total. The number of hydrogen-bond donors (Lipinski definition) is 1. The highest BCUT2D eigenvalue weighted by atomic mass is 32.1. The van der Waals surface area contributed by atoms with Gasteiger partial charge in [0.25, 0.3) is 0 Å². The molecule has 0 aliphatic carbocycles. The van der Waals surface area contributed by atoms with Crippen LogP contribution >= 0.6 is 11.3 Å². The fraction of sp³-hybridized carbons (Fsp3) is 0.500. The van der Waals surface area contributed by atoms with Crippen molar-refractivity contribution in [1.29, 1.82) is 0 Å². The van der Waals surface area contributed by atoms with E-state index in [0.29, 0.717) is 12.5 Å². The van der Waals surface area contributed by atoms with Gasteiger partial charge in [-0.15, -0.1) is 11.3 Å². The van der Waals surface area contributed by atoms with Gasteiger partial charge in [0.05, 0.1) is 18.3 Å². The average molecular weight is 321 g/mol. The average Bonchev–Trinajstić information content (AvgIpc) is 3.09. The summed E-state index contributed by atoms with van der Waals surface area (Å²) in [5.41, 5.74) is 1.80. The van der Waals surface area contributed by atoms with E-state index < -0.39 is 0 Å². The van der Waals surface area contributed by atoms with E-state index in [1.54, 1.807) is 23.3 Å². The quantitative estimate of drug-likeness (QED) is 0.909. The van der Waals surface area contributed by atoms with Crippen LogP contribution in [-0.4, -0.2) is 23.1 Å². The summed E-state index contributed by atoms with van der Waals surface area (Å²) in [6.45, 7) is 8.46. The molecule has 0 unspecified atom stereocenters. The standard InChI is InChI=1S/C16H23N3O2S/c1-10(2)15(14-7-6-8-22-14)17-16(20)19(5)9-13-11(3)18-21-12(13)4/h6-8,10,15H,9H2,1-5H3,(H,17,20)/t15-/m0/s1. The van der Waals surface area contributed by atoms with Crippen LogP contribution < -0.4 is 5.32 Å². The van der Waals surface area contributed by atoms with E-state index in [0.717, 1.165) is 17.0 Å². The minimum atomic E-state index is -0.0906. The third kappa shape index (κ3) is 3.68. The number of nitrogens with zero attached hydrogens (tertiary/aromatic N) is 2. The first-order valence-electron chi connectivity index (χ1n) is 7.37. The summed E-state index contributed by atoms with van der Waals surface area (Å²) in [6.07, 6.45) is 0. The molecule has 1 atom stereocenters. The molecular weight excluding hydrogens is 298 g/mol. The van der Waals surface area contributed by atoms with Crippen molar-refractivity contribution in [2.75, 3.05) is 7.05 Å². The van der Waals surface area contributed by atoms with Crippen LogP contribution in [0.15, 0.2) is 22.0 Å². The lowest BCUT2D eigenvalue weighted by molar-refractivity contribution is 0.199. The number of urea groups is 1. The summed E-state index contributed by atoms with van der Waals surface area (Å²) in [7, 11) is 1.78. The van der Waals surface area contributed by atoms with E-state index in [9.17, 15) is 4.79 Å². The van der Waals surface area contributed by atoms with E-state index in [1.165, 1.54) is 4.88 Å². The number of nitrogens with one attached hydrogen (secondary N) is 1. The Morgan fingerprint density at radius 1 is 1.45 bits per heavy atom. The first kappa shape index (κ1) is 16.5. The van der Waals surface area contributed by atoms with Gasteiger partial charge in [0.2, 0.25) is 0 Å². The predicted molar refractivity (Wildman–Crippen MR) is 87.9 cm³/mol. The highest BCUT2D eigenvalue weighted by Gasteiger charge is 2.22. The van der Waals surface area contributed by atoms with Gasteiger partial charge in [-0.2, -0.15) is 0 Å². The lowest BCUT2D eigenvalue weighted by Crippen LogP contribution is -2.40. The third-order valence-corrected chi connectivity index (χ3v) is 4.67. The fourth-order valence-electron chi connectivity index (χ4n) is 2.31. The van der Waals surface area contributed by atoms with E-state index in [-0.39, 0.29) is 12.1 Å². The number of aryl methyl sites for hydroxylation is 2. The Labute approximate surface area is 135 Å². The maximum atomic E-state index is 12.5. The molecule has 0 fully saturated rings. The molecule has 0 aromatic carbocycles. The Hall–Kier alpha value is -1.82. The van der Waals surface area contributed by atoms with Gasteiger partial charge in [-0.05, 0) is 31.2 Å². The van der Waals surface area contributed by atoms with Crippen molar-refractivity contribution in [3.05, 3.63) is 39.4 Å². The minimum Gasteiger partial charge on any atom is -0.361 e. The zero-order chi connectivity index (χ0) is 16.3. The highest BCUT2D eigenvalue weighted by Crippen LogP contribution is 2.26. The Morgan fingerprint density at radius 3 is 2.68 bits per heavy atom. The van der Waals surface area contributed by atoms with Gasteiger partial charge in [-0.25, -0.2) is 4.79 Å². The second kappa shape index (κ2) is 6.96. The normalized spacial score (nSPS) is 12.5.